The SMILES string of the molecule is C/C=C/C1CCC(C2CC=C(c3ccc(C(F)F)cc3)CC2)CC1. The fourth-order valence-corrected chi connectivity index (χ4v) is 4.47. The summed E-state index contributed by atoms with van der Waals surface area (Å²) in [5.74, 6) is 2.50. The maximum atomic E-state index is 12.7. The monoisotopic (exact) mass is 330 g/mol. The molecule has 0 heterocycles. The van der Waals surface area contributed by atoms with E-state index in [0.717, 1.165) is 36.2 Å². The van der Waals surface area contributed by atoms with E-state index in [4.69, 9.17) is 0 Å². The third-order valence-corrected chi connectivity index (χ3v) is 5.93. The van der Waals surface area contributed by atoms with Gasteiger partial charge in [-0.15, -0.1) is 0 Å². The summed E-state index contributed by atoms with van der Waals surface area (Å²) in [5.41, 5.74) is 2.58. The van der Waals surface area contributed by atoms with Crippen LogP contribution in [0.15, 0.2) is 42.5 Å². The van der Waals surface area contributed by atoms with E-state index in [0.29, 0.717) is 0 Å². The van der Waals surface area contributed by atoms with E-state index in [1.165, 1.54) is 37.7 Å². The second-order valence-corrected chi connectivity index (χ2v) is 7.39. The Bertz CT molecular complexity index is 574. The summed E-state index contributed by atoms with van der Waals surface area (Å²) in [4.78, 5) is 0. The van der Waals surface area contributed by atoms with E-state index in [-0.39, 0.29) is 5.56 Å². The number of hydrogen-bond donors (Lipinski definition) is 0. The lowest BCUT2D eigenvalue weighted by Gasteiger charge is -2.34. The molecule has 0 nitrogen and oxygen atoms in total. The number of hydrogen-bond acceptors (Lipinski definition) is 0. The van der Waals surface area contributed by atoms with Crippen LogP contribution >= 0.6 is 0 Å². The third kappa shape index (κ3) is 4.15. The van der Waals surface area contributed by atoms with Crippen LogP contribution in [0, 0.1) is 17.8 Å². The molecule has 1 fully saturated rings. The number of benzene rings is 1. The zero-order valence-corrected chi connectivity index (χ0v) is 14.6. The predicted octanol–water partition coefficient (Wildman–Crippen LogP) is 7.19. The highest BCUT2D eigenvalue weighted by molar-refractivity contribution is 5.66. The van der Waals surface area contributed by atoms with Gasteiger partial charge in [0.15, 0.2) is 0 Å². The van der Waals surface area contributed by atoms with Crippen molar-refractivity contribution in [3.05, 3.63) is 53.6 Å². The summed E-state index contributed by atoms with van der Waals surface area (Å²) in [5, 5.41) is 0. The van der Waals surface area contributed by atoms with Gasteiger partial charge in [-0.3, -0.25) is 0 Å². The van der Waals surface area contributed by atoms with Gasteiger partial charge in [0, 0.05) is 5.56 Å². The van der Waals surface area contributed by atoms with E-state index in [1.807, 2.05) is 12.1 Å². The van der Waals surface area contributed by atoms with Crippen LogP contribution in [0.3, 0.4) is 0 Å². The van der Waals surface area contributed by atoms with Crippen molar-refractivity contribution in [2.24, 2.45) is 17.8 Å². The van der Waals surface area contributed by atoms with Crippen molar-refractivity contribution in [3.63, 3.8) is 0 Å². The summed E-state index contributed by atoms with van der Waals surface area (Å²) in [6, 6.07) is 6.84. The Morgan fingerprint density at radius 2 is 1.67 bits per heavy atom. The van der Waals surface area contributed by atoms with Gasteiger partial charge < -0.3 is 0 Å². The van der Waals surface area contributed by atoms with Gasteiger partial charge in [0.1, 0.15) is 0 Å². The van der Waals surface area contributed by atoms with Gasteiger partial charge in [-0.1, -0.05) is 42.5 Å². The van der Waals surface area contributed by atoms with E-state index < -0.39 is 6.43 Å². The molecule has 130 valence electrons. The molecule has 0 aromatic heterocycles. The molecule has 1 unspecified atom stereocenters. The largest absolute Gasteiger partial charge is 0.263 e. The first-order valence-corrected chi connectivity index (χ1v) is 9.37. The second kappa shape index (κ2) is 8.09. The van der Waals surface area contributed by atoms with Crippen LogP contribution < -0.4 is 0 Å². The van der Waals surface area contributed by atoms with Crippen LogP contribution in [0.2, 0.25) is 0 Å². The lowest BCUT2D eigenvalue weighted by Crippen LogP contribution is -2.22. The van der Waals surface area contributed by atoms with Gasteiger partial charge in [-0.2, -0.15) is 0 Å². The lowest BCUT2D eigenvalue weighted by molar-refractivity contribution is 0.151. The van der Waals surface area contributed by atoms with Crippen molar-refractivity contribution in [2.75, 3.05) is 0 Å². The molecule has 0 radical (unpaired) electrons. The maximum Gasteiger partial charge on any atom is 0.263 e. The maximum absolute atomic E-state index is 12.7. The smallest absolute Gasteiger partial charge is 0.205 e. The first kappa shape index (κ1) is 17.4. The van der Waals surface area contributed by atoms with Gasteiger partial charge in [0.05, 0.1) is 0 Å². The normalized spacial score (nSPS) is 28.3. The zero-order valence-electron chi connectivity index (χ0n) is 14.6. The van der Waals surface area contributed by atoms with Crippen molar-refractivity contribution in [3.8, 4) is 0 Å². The van der Waals surface area contributed by atoms with Crippen LogP contribution in [0.5, 0.6) is 0 Å². The molecule has 2 aliphatic carbocycles. The second-order valence-electron chi connectivity index (χ2n) is 7.39. The molecule has 3 rings (SSSR count). The van der Waals surface area contributed by atoms with Crippen molar-refractivity contribution in [1.82, 2.24) is 0 Å². The molecule has 0 aliphatic heterocycles. The van der Waals surface area contributed by atoms with Crippen molar-refractivity contribution < 1.29 is 8.78 Å². The lowest BCUT2D eigenvalue weighted by atomic mass is 9.71. The first-order valence-electron chi connectivity index (χ1n) is 9.37. The van der Waals surface area contributed by atoms with Crippen LogP contribution in [0.1, 0.15) is 69.4 Å². The topological polar surface area (TPSA) is 0 Å². The minimum Gasteiger partial charge on any atom is -0.205 e. The molecule has 0 bridgehead atoms. The summed E-state index contributed by atoms with van der Waals surface area (Å²) >= 11 is 0. The first-order chi connectivity index (χ1) is 11.7. The quantitative estimate of drug-likeness (QED) is 0.512. The van der Waals surface area contributed by atoms with Crippen LogP contribution in [-0.2, 0) is 0 Å². The Hall–Kier alpha value is -1.44. The molecular formula is C22H28F2. The number of alkyl halides is 2. The molecule has 2 heteroatoms. The number of halogens is 2. The average Bonchev–Trinajstić information content (AvgIpc) is 2.63. The zero-order chi connectivity index (χ0) is 16.9. The Morgan fingerprint density at radius 1 is 0.958 bits per heavy atom. The molecule has 1 aromatic rings. The van der Waals surface area contributed by atoms with Gasteiger partial charge in [0.25, 0.3) is 6.43 Å². The number of allylic oxidation sites excluding steroid dienone is 4. The fourth-order valence-electron chi connectivity index (χ4n) is 4.47. The van der Waals surface area contributed by atoms with Crippen molar-refractivity contribution in [1.29, 1.82) is 0 Å². The Kier molecular flexibility index (Phi) is 5.86. The minimum atomic E-state index is -2.37. The van der Waals surface area contributed by atoms with Gasteiger partial charge in [-0.05, 0) is 80.8 Å². The minimum absolute atomic E-state index is 0.117. The highest BCUT2D eigenvalue weighted by Crippen LogP contribution is 2.41. The van der Waals surface area contributed by atoms with Crippen LogP contribution in [0.25, 0.3) is 5.57 Å². The molecule has 24 heavy (non-hydrogen) atoms. The van der Waals surface area contributed by atoms with E-state index in [1.54, 1.807) is 12.1 Å². The van der Waals surface area contributed by atoms with Gasteiger partial charge in [-0.25, -0.2) is 8.78 Å². The Balaban J connectivity index is 1.56. The van der Waals surface area contributed by atoms with Crippen molar-refractivity contribution >= 4 is 5.57 Å². The molecular weight excluding hydrogens is 302 g/mol. The summed E-state index contributed by atoms with van der Waals surface area (Å²) in [6.07, 6.45) is 13.5. The van der Waals surface area contributed by atoms with Crippen molar-refractivity contribution in [2.45, 2.75) is 58.3 Å². The summed E-state index contributed by atoms with van der Waals surface area (Å²) in [7, 11) is 0. The highest BCUT2D eigenvalue weighted by Gasteiger charge is 2.28. The van der Waals surface area contributed by atoms with Gasteiger partial charge in [0.2, 0.25) is 0 Å². The van der Waals surface area contributed by atoms with Crippen LogP contribution in [-0.4, -0.2) is 0 Å². The van der Waals surface area contributed by atoms with E-state index >= 15 is 0 Å². The Morgan fingerprint density at radius 3 is 2.21 bits per heavy atom. The van der Waals surface area contributed by atoms with E-state index in [9.17, 15) is 8.78 Å². The molecule has 2 aliphatic rings. The summed E-state index contributed by atoms with van der Waals surface area (Å²) in [6.45, 7) is 2.12. The average molecular weight is 330 g/mol. The fraction of sp³-hybridized carbons (Fsp3) is 0.545. The molecule has 0 spiro atoms. The standard InChI is InChI=1S/C22H28F2/c1-2-3-16-4-6-17(7-5-16)18-8-10-19(11-9-18)20-12-14-21(15-13-20)22(23)24/h2-3,10,12-18,22H,4-9,11H2,1H3/b3-2+. The third-order valence-electron chi connectivity index (χ3n) is 5.93. The summed E-state index contributed by atoms with van der Waals surface area (Å²) < 4.78 is 25.3. The molecule has 1 atom stereocenters. The molecule has 1 aromatic carbocycles. The van der Waals surface area contributed by atoms with Crippen LogP contribution in [0.4, 0.5) is 8.78 Å². The molecule has 0 saturated heterocycles. The molecule has 0 N–H and O–H groups in total. The van der Waals surface area contributed by atoms with E-state index in [2.05, 4.69) is 25.2 Å². The predicted molar refractivity (Wildman–Crippen MR) is 97.0 cm³/mol. The number of rotatable bonds is 4. The Labute approximate surface area is 144 Å². The molecule has 0 amide bonds. The van der Waals surface area contributed by atoms with Gasteiger partial charge >= 0.3 is 0 Å². The highest BCUT2D eigenvalue weighted by atomic mass is 19.3. The molecule has 1 saturated carbocycles.